The Morgan fingerprint density at radius 2 is 1.00 bits per heavy atom. The zero-order valence-electron chi connectivity index (χ0n) is 34.4. The highest BCUT2D eigenvalue weighted by Gasteiger charge is 2.41. The number of aryl methyl sites for hydroxylation is 4. The summed E-state index contributed by atoms with van der Waals surface area (Å²) in [4.78, 5) is 11.7. The number of rotatable bonds is 5. The normalized spacial score (nSPS) is 14.8. The molecule has 0 radical (unpaired) electrons. The fourth-order valence-corrected chi connectivity index (χ4v) is 11.6. The Labute approximate surface area is 346 Å². The van der Waals surface area contributed by atoms with Crippen LogP contribution in [-0.4, -0.2) is 0 Å². The highest BCUT2D eigenvalue weighted by atomic mass is 32.2. The van der Waals surface area contributed by atoms with Crippen molar-refractivity contribution in [3.63, 3.8) is 0 Å². The lowest BCUT2D eigenvalue weighted by molar-refractivity contribution is 0.590. The van der Waals surface area contributed by atoms with Crippen LogP contribution in [0.25, 0.3) is 10.8 Å². The molecule has 8 aromatic carbocycles. The first-order valence-electron chi connectivity index (χ1n) is 20.3. The topological polar surface area (TPSA) is 9.72 Å². The van der Waals surface area contributed by atoms with Crippen LogP contribution in [0.15, 0.2) is 178 Å². The Bertz CT molecular complexity index is 2820. The molecular weight excluding hydrogens is 723 g/mol. The van der Waals surface area contributed by atoms with Crippen molar-refractivity contribution < 1.29 is 0 Å². The van der Waals surface area contributed by atoms with Crippen molar-refractivity contribution in [3.8, 4) is 0 Å². The number of benzene rings is 8. The summed E-state index contributed by atoms with van der Waals surface area (Å²) in [6, 6.07) is 61.9. The van der Waals surface area contributed by atoms with E-state index in [1.54, 1.807) is 0 Å². The summed E-state index contributed by atoms with van der Waals surface area (Å²) < 4.78 is 0. The van der Waals surface area contributed by atoms with Crippen molar-refractivity contribution in [2.24, 2.45) is 0 Å². The van der Waals surface area contributed by atoms with Gasteiger partial charge in [0.25, 0.3) is 0 Å². The van der Waals surface area contributed by atoms with Crippen molar-refractivity contribution in [2.45, 2.75) is 68.6 Å². The molecule has 0 aromatic heterocycles. The van der Waals surface area contributed by atoms with Gasteiger partial charge in [-0.3, -0.25) is 0 Å². The first-order chi connectivity index (χ1) is 28.0. The average Bonchev–Trinajstić information content (AvgIpc) is 3.22. The van der Waals surface area contributed by atoms with Crippen LogP contribution in [0.2, 0.25) is 0 Å². The minimum absolute atomic E-state index is 0.0962. The van der Waals surface area contributed by atoms with E-state index in [2.05, 4.69) is 227 Å². The second kappa shape index (κ2) is 13.7. The predicted octanol–water partition coefficient (Wildman–Crippen LogP) is 15.9. The predicted molar refractivity (Wildman–Crippen MR) is 249 cm³/mol. The smallest absolute Gasteiger partial charge is 0.0611 e. The molecule has 0 bridgehead atoms. The molecule has 1 unspecified atom stereocenters. The third kappa shape index (κ3) is 5.97. The molecule has 0 amide bonds. The first kappa shape index (κ1) is 36.1. The number of fused-ring (bicyclic) bond motifs is 5. The molecule has 0 aliphatic carbocycles. The molecule has 2 aliphatic rings. The molecule has 8 aromatic rings. The van der Waals surface area contributed by atoms with Gasteiger partial charge in [0.15, 0.2) is 0 Å². The fraction of sp³-hybridized carbons (Fsp3) is 0.148. The van der Waals surface area contributed by atoms with Gasteiger partial charge in [0.2, 0.25) is 0 Å². The van der Waals surface area contributed by atoms with E-state index in [0.717, 1.165) is 17.1 Å². The van der Waals surface area contributed by atoms with E-state index >= 15 is 0 Å². The maximum Gasteiger partial charge on any atom is 0.0611 e. The van der Waals surface area contributed by atoms with E-state index < -0.39 is 10.9 Å². The second-order valence-electron chi connectivity index (χ2n) is 17.1. The Morgan fingerprint density at radius 1 is 0.431 bits per heavy atom. The first-order valence-corrected chi connectivity index (χ1v) is 21.7. The van der Waals surface area contributed by atoms with Crippen LogP contribution in [0.1, 0.15) is 48.6 Å². The van der Waals surface area contributed by atoms with Gasteiger partial charge >= 0.3 is 0 Å². The fourth-order valence-electron chi connectivity index (χ4n) is 8.73. The van der Waals surface area contributed by atoms with Crippen molar-refractivity contribution in [3.05, 3.63) is 192 Å². The van der Waals surface area contributed by atoms with E-state index in [0.29, 0.717) is 0 Å². The van der Waals surface area contributed by atoms with Gasteiger partial charge in [0, 0.05) is 42.8 Å². The van der Waals surface area contributed by atoms with Gasteiger partial charge in [-0.25, -0.2) is 0 Å². The highest BCUT2D eigenvalue weighted by molar-refractivity contribution is 8.17. The molecule has 0 saturated carbocycles. The summed E-state index contributed by atoms with van der Waals surface area (Å²) in [5.41, 5.74) is 17.0. The minimum Gasteiger partial charge on any atom is -0.310 e. The summed E-state index contributed by atoms with van der Waals surface area (Å²) in [7, 11) is -0.950. The Hall–Kier alpha value is -6.23. The van der Waals surface area contributed by atoms with Crippen LogP contribution >= 0.6 is 10.9 Å². The molecule has 2 heterocycles. The lowest BCUT2D eigenvalue weighted by atomic mass is 9.86. The van der Waals surface area contributed by atoms with Crippen molar-refractivity contribution in [1.82, 2.24) is 0 Å². The zero-order chi connectivity index (χ0) is 39.9. The van der Waals surface area contributed by atoms with Crippen molar-refractivity contribution in [1.29, 1.82) is 0 Å². The minimum atomic E-state index is -0.950. The van der Waals surface area contributed by atoms with Crippen molar-refractivity contribution in [2.75, 3.05) is 14.7 Å². The number of hydrogen-bond donors (Lipinski definition) is 1. The van der Waals surface area contributed by atoms with E-state index in [-0.39, 0.29) is 5.41 Å². The van der Waals surface area contributed by atoms with Gasteiger partial charge in [-0.05, 0) is 135 Å². The molecule has 10 rings (SSSR count). The number of anilines is 9. The monoisotopic (exact) mass is 771 g/mol. The van der Waals surface area contributed by atoms with E-state index in [4.69, 9.17) is 0 Å². The molecule has 58 heavy (non-hydrogen) atoms. The molecule has 2 aliphatic heterocycles. The van der Waals surface area contributed by atoms with Crippen LogP contribution in [0, 0.1) is 27.7 Å². The molecule has 3 nitrogen and oxygen atoms in total. The largest absolute Gasteiger partial charge is 0.310 e. The third-order valence-corrected chi connectivity index (χ3v) is 14.4. The van der Waals surface area contributed by atoms with Gasteiger partial charge in [-0.2, -0.15) is 10.9 Å². The van der Waals surface area contributed by atoms with Gasteiger partial charge in [0.05, 0.1) is 28.4 Å². The molecule has 0 fully saturated rings. The van der Waals surface area contributed by atoms with Gasteiger partial charge < -0.3 is 14.7 Å². The van der Waals surface area contributed by atoms with Crippen LogP contribution < -0.4 is 14.7 Å². The van der Waals surface area contributed by atoms with Gasteiger partial charge in [-0.15, -0.1) is 0 Å². The third-order valence-electron chi connectivity index (χ3n) is 11.8. The van der Waals surface area contributed by atoms with E-state index in [1.807, 2.05) is 0 Å². The number of thiol groups is 1. The van der Waals surface area contributed by atoms with Gasteiger partial charge in [-0.1, -0.05) is 116 Å². The molecule has 0 spiro atoms. The SMILES string of the molecule is Cc1ccc(N(c2ccc(C)cc2)c2ccc3c(c2)N(c2cccc4ccccc24)c2cc(C(C)(C)C)cc4c2[SH]3c2cc(C)ccc2N4c2ccc(C)cc2)cc1. The molecule has 4 heteroatoms. The van der Waals surface area contributed by atoms with Crippen LogP contribution in [0.4, 0.5) is 51.2 Å². The Morgan fingerprint density at radius 3 is 1.66 bits per heavy atom. The number of hydrogen-bond acceptors (Lipinski definition) is 3. The molecule has 0 saturated heterocycles. The summed E-state index contributed by atoms with van der Waals surface area (Å²) in [6.07, 6.45) is 0. The molecule has 0 N–H and O–H groups in total. The molecular formula is C54H49N3S. The maximum absolute atomic E-state index is 2.60. The van der Waals surface area contributed by atoms with Gasteiger partial charge in [0.1, 0.15) is 0 Å². The standard InChI is InChI=1S/C54H49N3S/c1-35-15-22-41(23-16-35)55(42-24-17-36(2)18-25-42)44-28-30-51-48(34-44)57(46-14-10-12-39-11-8-9-13-45(39)46)50-33-40(54(5,6)7)32-49-53(50)58(51)52-31-38(4)21-29-47(52)56(49)43-26-19-37(3)20-27-43/h8-34,58H,1-7H3. The maximum atomic E-state index is 2.60. The lowest BCUT2D eigenvalue weighted by Crippen LogP contribution is -2.26. The van der Waals surface area contributed by atoms with Crippen LogP contribution in [0.5, 0.6) is 0 Å². The van der Waals surface area contributed by atoms with Crippen LogP contribution in [-0.2, 0) is 5.41 Å². The summed E-state index contributed by atoms with van der Waals surface area (Å²) in [5, 5.41) is 2.47. The molecule has 286 valence electrons. The van der Waals surface area contributed by atoms with Crippen LogP contribution in [0.3, 0.4) is 0 Å². The quantitative estimate of drug-likeness (QED) is 0.175. The second-order valence-corrected chi connectivity index (χ2v) is 19.2. The summed E-state index contributed by atoms with van der Waals surface area (Å²) in [5.74, 6) is 0. The molecule has 1 atom stereocenters. The Balaban J connectivity index is 1.32. The Kier molecular flexibility index (Phi) is 8.54. The lowest BCUT2D eigenvalue weighted by Gasteiger charge is -2.48. The number of nitrogens with zero attached hydrogens (tertiary/aromatic N) is 3. The summed E-state index contributed by atoms with van der Waals surface area (Å²) >= 11 is 0. The van der Waals surface area contributed by atoms with E-state index in [9.17, 15) is 0 Å². The zero-order valence-corrected chi connectivity index (χ0v) is 35.3. The van der Waals surface area contributed by atoms with E-state index in [1.165, 1.54) is 87.4 Å². The average molecular weight is 772 g/mol. The van der Waals surface area contributed by atoms with Crippen molar-refractivity contribution >= 4 is 72.9 Å². The summed E-state index contributed by atoms with van der Waals surface area (Å²) in [6.45, 7) is 15.8. The highest BCUT2D eigenvalue weighted by Crippen LogP contribution is 2.72.